The first-order chi connectivity index (χ1) is 9.67. The van der Waals surface area contributed by atoms with Crippen molar-refractivity contribution < 1.29 is 0 Å². The van der Waals surface area contributed by atoms with E-state index in [1.807, 2.05) is 18.2 Å². The van der Waals surface area contributed by atoms with Crippen molar-refractivity contribution in [2.45, 2.75) is 6.92 Å². The molecule has 3 heteroatoms. The second-order valence-electron chi connectivity index (χ2n) is 4.85. The first-order valence-corrected chi connectivity index (χ1v) is 6.59. The smallest absolute Gasteiger partial charge is 0.0273 e. The summed E-state index contributed by atoms with van der Waals surface area (Å²) in [5.74, 6) is 0.340. The van der Waals surface area contributed by atoms with Crippen LogP contribution in [0.15, 0.2) is 66.7 Å². The van der Waals surface area contributed by atoms with E-state index in [1.54, 1.807) is 24.5 Å². The van der Waals surface area contributed by atoms with Gasteiger partial charge in [0.2, 0.25) is 0 Å². The minimum Gasteiger partial charge on any atom is -0.402 e. The quantitative estimate of drug-likeness (QED) is 0.648. The van der Waals surface area contributed by atoms with Gasteiger partial charge in [0.25, 0.3) is 0 Å². The molecule has 2 atom stereocenters. The standard InChI is InChI=1S/C17H19N3/c1-3-13(4-7-18)16-10-15(11-17(19)12(16)2)14-5-8-20-9-6-14/h3-12,16,18H,1,19H2,2H3/b13-4+,18-7?. The molecule has 0 bridgehead atoms. The van der Waals surface area contributed by atoms with Crippen LogP contribution in [0.5, 0.6) is 0 Å². The average molecular weight is 265 g/mol. The summed E-state index contributed by atoms with van der Waals surface area (Å²) in [7, 11) is 0. The summed E-state index contributed by atoms with van der Waals surface area (Å²) in [6.07, 6.45) is 12.6. The summed E-state index contributed by atoms with van der Waals surface area (Å²) in [4.78, 5) is 4.04. The van der Waals surface area contributed by atoms with Gasteiger partial charge in [-0.1, -0.05) is 25.7 Å². The third-order valence-corrected chi connectivity index (χ3v) is 3.66. The topological polar surface area (TPSA) is 62.8 Å². The number of aromatic nitrogens is 1. The molecular weight excluding hydrogens is 246 g/mol. The maximum atomic E-state index is 7.26. The number of hydrogen-bond acceptors (Lipinski definition) is 3. The lowest BCUT2D eigenvalue weighted by molar-refractivity contribution is 0.551. The van der Waals surface area contributed by atoms with E-state index in [0.29, 0.717) is 0 Å². The number of rotatable bonds is 4. The van der Waals surface area contributed by atoms with E-state index < -0.39 is 0 Å². The Morgan fingerprint density at radius 1 is 1.40 bits per heavy atom. The molecule has 3 N–H and O–H groups in total. The lowest BCUT2D eigenvalue weighted by Gasteiger charge is -2.28. The second-order valence-corrected chi connectivity index (χ2v) is 4.85. The largest absolute Gasteiger partial charge is 0.402 e. The molecule has 0 radical (unpaired) electrons. The van der Waals surface area contributed by atoms with Crippen molar-refractivity contribution >= 4 is 11.8 Å². The van der Waals surface area contributed by atoms with Crippen LogP contribution in [0.2, 0.25) is 0 Å². The number of nitrogens with zero attached hydrogens (tertiary/aromatic N) is 1. The molecule has 0 saturated heterocycles. The maximum absolute atomic E-state index is 7.26. The van der Waals surface area contributed by atoms with Gasteiger partial charge in [-0.25, -0.2) is 0 Å². The molecule has 1 aromatic heterocycles. The van der Waals surface area contributed by atoms with Crippen LogP contribution in [0, 0.1) is 17.2 Å². The minimum absolute atomic E-state index is 0.141. The Morgan fingerprint density at radius 3 is 2.70 bits per heavy atom. The van der Waals surface area contributed by atoms with Crippen LogP contribution >= 0.6 is 0 Å². The molecule has 1 heterocycles. The van der Waals surface area contributed by atoms with E-state index in [1.165, 1.54) is 6.21 Å². The first-order valence-electron chi connectivity index (χ1n) is 6.59. The second kappa shape index (κ2) is 6.15. The van der Waals surface area contributed by atoms with Crippen molar-refractivity contribution in [1.29, 1.82) is 5.41 Å². The Kier molecular flexibility index (Phi) is 4.31. The van der Waals surface area contributed by atoms with Crippen molar-refractivity contribution in [2.24, 2.45) is 17.6 Å². The van der Waals surface area contributed by atoms with Crippen LogP contribution in [0.3, 0.4) is 0 Å². The highest BCUT2D eigenvalue weighted by Crippen LogP contribution is 2.35. The third-order valence-electron chi connectivity index (χ3n) is 3.66. The van der Waals surface area contributed by atoms with E-state index in [9.17, 15) is 0 Å². The summed E-state index contributed by atoms with van der Waals surface area (Å²) in [5, 5.41) is 7.26. The summed E-state index contributed by atoms with van der Waals surface area (Å²) >= 11 is 0. The predicted molar refractivity (Wildman–Crippen MR) is 84.2 cm³/mol. The number of allylic oxidation sites excluding steroid dienone is 7. The Bertz CT molecular complexity index is 594. The van der Waals surface area contributed by atoms with Crippen molar-refractivity contribution in [2.75, 3.05) is 0 Å². The van der Waals surface area contributed by atoms with Gasteiger partial charge in [0.15, 0.2) is 0 Å². The molecule has 2 rings (SSSR count). The molecule has 0 fully saturated rings. The van der Waals surface area contributed by atoms with Gasteiger partial charge in [-0.05, 0) is 41.0 Å². The van der Waals surface area contributed by atoms with Gasteiger partial charge in [-0.2, -0.15) is 0 Å². The highest BCUT2D eigenvalue weighted by Gasteiger charge is 2.24. The van der Waals surface area contributed by atoms with E-state index in [-0.39, 0.29) is 11.8 Å². The molecule has 1 aliphatic carbocycles. The van der Waals surface area contributed by atoms with Gasteiger partial charge >= 0.3 is 0 Å². The molecule has 2 unspecified atom stereocenters. The molecule has 20 heavy (non-hydrogen) atoms. The van der Waals surface area contributed by atoms with Crippen LogP contribution in [-0.4, -0.2) is 11.2 Å². The number of pyridine rings is 1. The molecule has 1 aliphatic rings. The highest BCUT2D eigenvalue weighted by molar-refractivity contribution is 5.77. The van der Waals surface area contributed by atoms with Crippen LogP contribution in [0.4, 0.5) is 0 Å². The van der Waals surface area contributed by atoms with Crippen LogP contribution < -0.4 is 5.73 Å². The predicted octanol–water partition coefficient (Wildman–Crippen LogP) is 3.34. The molecule has 0 aliphatic heterocycles. The summed E-state index contributed by atoms with van der Waals surface area (Å²) < 4.78 is 0. The highest BCUT2D eigenvalue weighted by atomic mass is 14.6. The Hall–Kier alpha value is -2.42. The summed E-state index contributed by atoms with van der Waals surface area (Å²) in [5.41, 5.74) is 10.2. The number of nitrogens with two attached hydrogens (primary N) is 1. The van der Waals surface area contributed by atoms with Crippen molar-refractivity contribution in [3.63, 3.8) is 0 Å². The fourth-order valence-electron chi connectivity index (χ4n) is 2.42. The van der Waals surface area contributed by atoms with Crippen molar-refractivity contribution in [3.05, 3.63) is 72.2 Å². The SMILES string of the molecule is C=C/C(=C\C=N)C1C=C(c2ccncc2)C=C(N)C1C. The monoisotopic (exact) mass is 265 g/mol. The molecule has 0 spiro atoms. The zero-order chi connectivity index (χ0) is 14.5. The fraction of sp³-hybridized carbons (Fsp3) is 0.176. The zero-order valence-electron chi connectivity index (χ0n) is 11.6. The minimum atomic E-state index is 0.141. The Morgan fingerprint density at radius 2 is 2.10 bits per heavy atom. The molecule has 102 valence electrons. The Labute approximate surface area is 119 Å². The lowest BCUT2D eigenvalue weighted by Crippen LogP contribution is -2.22. The molecule has 0 amide bonds. The maximum Gasteiger partial charge on any atom is 0.0273 e. The van der Waals surface area contributed by atoms with Crippen LogP contribution in [0.25, 0.3) is 5.57 Å². The molecule has 3 nitrogen and oxygen atoms in total. The van der Waals surface area contributed by atoms with Gasteiger partial charge in [0, 0.05) is 36.1 Å². The molecular formula is C17H19N3. The van der Waals surface area contributed by atoms with Gasteiger partial charge < -0.3 is 11.1 Å². The average Bonchev–Trinajstić information content (AvgIpc) is 2.48. The Balaban J connectivity index is 2.46. The van der Waals surface area contributed by atoms with Gasteiger partial charge in [-0.3, -0.25) is 4.98 Å². The first kappa shape index (κ1) is 14.0. The normalized spacial score (nSPS) is 22.8. The lowest BCUT2D eigenvalue weighted by atomic mass is 9.78. The third kappa shape index (κ3) is 2.77. The van der Waals surface area contributed by atoms with Gasteiger partial charge in [-0.15, -0.1) is 0 Å². The van der Waals surface area contributed by atoms with Crippen molar-refractivity contribution in [1.82, 2.24) is 4.98 Å². The number of hydrogen-bond donors (Lipinski definition) is 2. The fourth-order valence-corrected chi connectivity index (χ4v) is 2.42. The summed E-state index contributed by atoms with van der Waals surface area (Å²) in [6.45, 7) is 5.94. The van der Waals surface area contributed by atoms with Crippen LogP contribution in [0.1, 0.15) is 12.5 Å². The van der Waals surface area contributed by atoms with Crippen molar-refractivity contribution in [3.8, 4) is 0 Å². The van der Waals surface area contributed by atoms with Gasteiger partial charge in [0.05, 0.1) is 0 Å². The number of nitrogens with one attached hydrogen (secondary N) is 1. The van der Waals surface area contributed by atoms with E-state index >= 15 is 0 Å². The molecule has 0 saturated carbocycles. The molecule has 0 aromatic carbocycles. The van der Waals surface area contributed by atoms with Crippen LogP contribution in [-0.2, 0) is 0 Å². The van der Waals surface area contributed by atoms with Gasteiger partial charge in [0.1, 0.15) is 0 Å². The molecule has 1 aromatic rings. The zero-order valence-corrected chi connectivity index (χ0v) is 11.6. The van der Waals surface area contributed by atoms with E-state index in [2.05, 4.69) is 24.6 Å². The summed E-state index contributed by atoms with van der Waals surface area (Å²) in [6, 6.07) is 3.94. The van der Waals surface area contributed by atoms with E-state index in [4.69, 9.17) is 11.1 Å². The van der Waals surface area contributed by atoms with E-state index in [0.717, 1.165) is 22.4 Å².